The predicted octanol–water partition coefficient (Wildman–Crippen LogP) is 1.34. The summed E-state index contributed by atoms with van der Waals surface area (Å²) in [7, 11) is 0. The molecule has 2 amide bonds. The van der Waals surface area contributed by atoms with Crippen molar-refractivity contribution in [3.63, 3.8) is 0 Å². The molecular weight excluding hydrogens is 230 g/mol. The maximum absolute atomic E-state index is 11.9. The van der Waals surface area contributed by atoms with Gasteiger partial charge >= 0.3 is 0 Å². The molecule has 0 aromatic heterocycles. The van der Waals surface area contributed by atoms with E-state index in [2.05, 4.69) is 22.8 Å². The normalized spacial score (nSPS) is 22.3. The highest BCUT2D eigenvalue weighted by atomic mass is 16.2. The van der Waals surface area contributed by atoms with Crippen LogP contribution in [-0.4, -0.2) is 24.1 Å². The molecule has 100 valence electrons. The van der Waals surface area contributed by atoms with E-state index in [-0.39, 0.29) is 17.2 Å². The van der Waals surface area contributed by atoms with Crippen LogP contribution in [0, 0.1) is 5.41 Å². The Labute approximate surface area is 107 Å². The third-order valence-electron chi connectivity index (χ3n) is 4.20. The Hall–Kier alpha value is -1.39. The number of nitrogens with zero attached hydrogens (tertiary/aromatic N) is 1. The summed E-state index contributed by atoms with van der Waals surface area (Å²) in [6, 6.07) is 0. The number of nitrogens with one attached hydrogen (secondary N) is 2. The number of hydrogen-bond acceptors (Lipinski definition) is 3. The minimum absolute atomic E-state index is 0.118. The molecule has 1 saturated carbocycles. The Morgan fingerprint density at radius 2 is 2.11 bits per heavy atom. The summed E-state index contributed by atoms with van der Waals surface area (Å²) in [6.07, 6.45) is 6.83. The SMILES string of the molecule is CCC1(CNC(=O)C2=NNC(=O)CC2)CCCC1. The van der Waals surface area contributed by atoms with E-state index in [0.29, 0.717) is 18.6 Å². The van der Waals surface area contributed by atoms with Gasteiger partial charge in [-0.15, -0.1) is 0 Å². The Balaban J connectivity index is 1.86. The van der Waals surface area contributed by atoms with Crippen LogP contribution in [0.3, 0.4) is 0 Å². The van der Waals surface area contributed by atoms with Gasteiger partial charge in [0, 0.05) is 19.4 Å². The van der Waals surface area contributed by atoms with Gasteiger partial charge in [-0.2, -0.15) is 5.10 Å². The van der Waals surface area contributed by atoms with E-state index in [4.69, 9.17) is 0 Å². The van der Waals surface area contributed by atoms with Crippen molar-refractivity contribution >= 4 is 17.5 Å². The summed E-state index contributed by atoms with van der Waals surface area (Å²) in [5.74, 6) is -0.248. The van der Waals surface area contributed by atoms with Crippen LogP contribution in [-0.2, 0) is 9.59 Å². The van der Waals surface area contributed by atoms with Gasteiger partial charge in [0.2, 0.25) is 5.91 Å². The first-order chi connectivity index (χ1) is 8.65. The summed E-state index contributed by atoms with van der Waals surface area (Å²) in [4.78, 5) is 22.9. The van der Waals surface area contributed by atoms with Gasteiger partial charge in [-0.3, -0.25) is 9.59 Å². The highest BCUT2D eigenvalue weighted by molar-refractivity contribution is 6.39. The van der Waals surface area contributed by atoms with Gasteiger partial charge < -0.3 is 5.32 Å². The van der Waals surface area contributed by atoms with Gasteiger partial charge in [-0.05, 0) is 24.7 Å². The smallest absolute Gasteiger partial charge is 0.267 e. The summed E-state index contributed by atoms with van der Waals surface area (Å²) >= 11 is 0. The first-order valence-corrected chi connectivity index (χ1v) is 6.79. The number of amides is 2. The van der Waals surface area contributed by atoms with Gasteiger partial charge in [0.1, 0.15) is 5.71 Å². The van der Waals surface area contributed by atoms with E-state index in [1.165, 1.54) is 25.7 Å². The number of carbonyl (C=O) groups excluding carboxylic acids is 2. The Bertz CT molecular complexity index is 370. The lowest BCUT2D eigenvalue weighted by Crippen LogP contribution is -2.41. The second kappa shape index (κ2) is 5.50. The van der Waals surface area contributed by atoms with Gasteiger partial charge in [-0.25, -0.2) is 5.43 Å². The molecule has 1 aliphatic carbocycles. The van der Waals surface area contributed by atoms with Crippen LogP contribution in [0.4, 0.5) is 0 Å². The fourth-order valence-corrected chi connectivity index (χ4v) is 2.79. The lowest BCUT2D eigenvalue weighted by molar-refractivity contribution is -0.121. The third kappa shape index (κ3) is 2.89. The summed E-state index contributed by atoms with van der Waals surface area (Å²) in [6.45, 7) is 2.92. The van der Waals surface area contributed by atoms with E-state index in [0.717, 1.165) is 13.0 Å². The van der Waals surface area contributed by atoms with Crippen molar-refractivity contribution < 1.29 is 9.59 Å². The van der Waals surface area contributed by atoms with Crippen LogP contribution in [0.15, 0.2) is 5.10 Å². The summed E-state index contributed by atoms with van der Waals surface area (Å²) < 4.78 is 0. The molecule has 0 radical (unpaired) electrons. The first-order valence-electron chi connectivity index (χ1n) is 6.79. The Morgan fingerprint density at radius 3 is 2.67 bits per heavy atom. The number of rotatable bonds is 4. The second-order valence-electron chi connectivity index (χ2n) is 5.34. The van der Waals surface area contributed by atoms with Crippen molar-refractivity contribution in [3.05, 3.63) is 0 Å². The fourth-order valence-electron chi connectivity index (χ4n) is 2.79. The quantitative estimate of drug-likeness (QED) is 0.791. The first kappa shape index (κ1) is 13.1. The van der Waals surface area contributed by atoms with E-state index < -0.39 is 0 Å². The van der Waals surface area contributed by atoms with Crippen LogP contribution in [0.5, 0.6) is 0 Å². The van der Waals surface area contributed by atoms with Crippen LogP contribution < -0.4 is 10.7 Å². The Kier molecular flexibility index (Phi) is 3.99. The molecule has 0 aromatic rings. The molecule has 0 spiro atoms. The minimum atomic E-state index is -0.130. The van der Waals surface area contributed by atoms with E-state index >= 15 is 0 Å². The van der Waals surface area contributed by atoms with Crippen molar-refractivity contribution in [3.8, 4) is 0 Å². The van der Waals surface area contributed by atoms with Gasteiger partial charge in [-0.1, -0.05) is 19.8 Å². The predicted molar refractivity (Wildman–Crippen MR) is 69.0 cm³/mol. The summed E-state index contributed by atoms with van der Waals surface area (Å²) in [5.41, 5.74) is 3.08. The topological polar surface area (TPSA) is 70.6 Å². The number of carbonyl (C=O) groups is 2. The maximum Gasteiger partial charge on any atom is 0.267 e. The second-order valence-corrected chi connectivity index (χ2v) is 5.34. The lowest BCUT2D eigenvalue weighted by atomic mass is 9.83. The fraction of sp³-hybridized carbons (Fsp3) is 0.769. The maximum atomic E-state index is 11.9. The van der Waals surface area contributed by atoms with Crippen molar-refractivity contribution in [2.45, 2.75) is 51.9 Å². The molecule has 2 rings (SSSR count). The average molecular weight is 251 g/mol. The largest absolute Gasteiger partial charge is 0.350 e. The highest BCUT2D eigenvalue weighted by Gasteiger charge is 2.32. The third-order valence-corrected chi connectivity index (χ3v) is 4.20. The molecule has 0 unspecified atom stereocenters. The molecule has 1 fully saturated rings. The van der Waals surface area contributed by atoms with E-state index in [1.54, 1.807) is 0 Å². The van der Waals surface area contributed by atoms with E-state index in [1.807, 2.05) is 0 Å². The Morgan fingerprint density at radius 1 is 1.39 bits per heavy atom. The van der Waals surface area contributed by atoms with Crippen molar-refractivity contribution in [2.75, 3.05) is 6.54 Å². The van der Waals surface area contributed by atoms with Crippen LogP contribution in [0.2, 0.25) is 0 Å². The molecule has 2 N–H and O–H groups in total. The molecule has 0 bridgehead atoms. The van der Waals surface area contributed by atoms with Gasteiger partial charge in [0.25, 0.3) is 5.91 Å². The molecular formula is C13H21N3O2. The van der Waals surface area contributed by atoms with E-state index in [9.17, 15) is 9.59 Å². The molecule has 5 nitrogen and oxygen atoms in total. The van der Waals surface area contributed by atoms with Crippen molar-refractivity contribution in [2.24, 2.45) is 10.5 Å². The molecule has 1 heterocycles. The zero-order chi connectivity index (χ0) is 13.0. The zero-order valence-corrected chi connectivity index (χ0v) is 10.9. The van der Waals surface area contributed by atoms with Gasteiger partial charge in [0.15, 0.2) is 0 Å². The highest BCUT2D eigenvalue weighted by Crippen LogP contribution is 2.40. The zero-order valence-electron chi connectivity index (χ0n) is 10.9. The molecule has 1 aliphatic heterocycles. The van der Waals surface area contributed by atoms with Crippen LogP contribution >= 0.6 is 0 Å². The molecule has 5 heteroatoms. The molecule has 0 atom stereocenters. The molecule has 18 heavy (non-hydrogen) atoms. The molecule has 0 aromatic carbocycles. The van der Waals surface area contributed by atoms with Crippen LogP contribution in [0.25, 0.3) is 0 Å². The standard InChI is InChI=1S/C13H21N3O2/c1-2-13(7-3-4-8-13)9-14-12(18)10-5-6-11(17)16-15-10/h2-9H2,1H3,(H,14,18)(H,16,17). The van der Waals surface area contributed by atoms with Crippen molar-refractivity contribution in [1.29, 1.82) is 0 Å². The van der Waals surface area contributed by atoms with Crippen LogP contribution in [0.1, 0.15) is 51.9 Å². The van der Waals surface area contributed by atoms with Crippen molar-refractivity contribution in [1.82, 2.24) is 10.7 Å². The number of hydrazone groups is 1. The number of hydrogen-bond donors (Lipinski definition) is 2. The molecule has 2 aliphatic rings. The molecule has 0 saturated heterocycles. The lowest BCUT2D eigenvalue weighted by Gasteiger charge is -2.27. The summed E-state index contributed by atoms with van der Waals surface area (Å²) in [5, 5.41) is 6.79. The van der Waals surface area contributed by atoms with Gasteiger partial charge in [0.05, 0.1) is 0 Å². The monoisotopic (exact) mass is 251 g/mol. The minimum Gasteiger partial charge on any atom is -0.350 e. The average Bonchev–Trinajstić information content (AvgIpc) is 2.86.